The summed E-state index contributed by atoms with van der Waals surface area (Å²) in [7, 11) is 0. The van der Waals surface area contributed by atoms with Gasteiger partial charge < -0.3 is 9.52 Å². The number of allylic oxidation sites excluding steroid dienone is 1. The molecule has 0 fully saturated rings. The highest BCUT2D eigenvalue weighted by atomic mass is 32.1. The van der Waals surface area contributed by atoms with Crippen LogP contribution in [0, 0.1) is 4.77 Å². The van der Waals surface area contributed by atoms with Gasteiger partial charge in [-0.05, 0) is 30.4 Å². The molecule has 6 heteroatoms. The van der Waals surface area contributed by atoms with Gasteiger partial charge in [0.2, 0.25) is 5.88 Å². The van der Waals surface area contributed by atoms with Crippen molar-refractivity contribution in [2.75, 3.05) is 0 Å². The molecule has 2 aromatic heterocycles. The molecule has 0 spiro atoms. The molecule has 0 saturated carbocycles. The SMILES string of the molecule is C=CCn1c(O)c(C=C=Cc2ccco2)c(=O)[nH]c1=S. The molecule has 0 saturated heterocycles. The van der Waals surface area contributed by atoms with E-state index in [1.165, 1.54) is 16.9 Å². The third-order valence-corrected chi connectivity index (χ3v) is 2.84. The van der Waals surface area contributed by atoms with Crippen LogP contribution in [0.3, 0.4) is 0 Å². The van der Waals surface area contributed by atoms with Crippen molar-refractivity contribution in [1.82, 2.24) is 9.55 Å². The lowest BCUT2D eigenvalue weighted by molar-refractivity contribution is 0.413. The zero-order chi connectivity index (χ0) is 14.5. The van der Waals surface area contributed by atoms with E-state index < -0.39 is 5.56 Å². The Kier molecular flexibility index (Phi) is 4.20. The molecule has 0 bridgehead atoms. The minimum atomic E-state index is -0.479. The zero-order valence-electron chi connectivity index (χ0n) is 10.5. The molecule has 5 nitrogen and oxygen atoms in total. The van der Waals surface area contributed by atoms with Crippen LogP contribution >= 0.6 is 12.2 Å². The van der Waals surface area contributed by atoms with Crippen LogP contribution in [0.4, 0.5) is 0 Å². The average Bonchev–Trinajstić information content (AvgIpc) is 2.91. The van der Waals surface area contributed by atoms with Gasteiger partial charge in [0.25, 0.3) is 5.56 Å². The summed E-state index contributed by atoms with van der Waals surface area (Å²) < 4.78 is 6.60. The maximum Gasteiger partial charge on any atom is 0.263 e. The number of hydrogen-bond donors (Lipinski definition) is 2. The molecular weight excluding hydrogens is 276 g/mol. The Labute approximate surface area is 119 Å². The fourth-order valence-electron chi connectivity index (χ4n) is 1.58. The van der Waals surface area contributed by atoms with Gasteiger partial charge in [-0.2, -0.15) is 0 Å². The summed E-state index contributed by atoms with van der Waals surface area (Å²) in [6, 6.07) is 3.48. The molecule has 0 atom stereocenters. The Morgan fingerprint density at radius 3 is 3.00 bits per heavy atom. The van der Waals surface area contributed by atoms with Crippen molar-refractivity contribution in [2.45, 2.75) is 6.54 Å². The summed E-state index contributed by atoms with van der Waals surface area (Å²) in [5.74, 6) is 0.370. The first kappa shape index (κ1) is 13.9. The summed E-state index contributed by atoms with van der Waals surface area (Å²) >= 11 is 4.97. The summed E-state index contributed by atoms with van der Waals surface area (Å²) in [6.07, 6.45) is 6.02. The number of rotatable bonds is 4. The first-order valence-corrected chi connectivity index (χ1v) is 6.17. The van der Waals surface area contributed by atoms with Crippen LogP contribution in [0.5, 0.6) is 5.88 Å². The number of aromatic nitrogens is 2. The molecule has 0 unspecified atom stereocenters. The number of nitrogens with one attached hydrogen (secondary N) is 1. The molecule has 2 rings (SSSR count). The normalized spacial score (nSPS) is 9.80. The minimum absolute atomic E-state index is 0.0725. The van der Waals surface area contributed by atoms with E-state index in [0.717, 1.165) is 0 Å². The lowest BCUT2D eigenvalue weighted by Crippen LogP contribution is -2.16. The van der Waals surface area contributed by atoms with E-state index in [0.29, 0.717) is 12.3 Å². The van der Waals surface area contributed by atoms with Crippen LogP contribution in [0.25, 0.3) is 12.2 Å². The van der Waals surface area contributed by atoms with Crippen LogP contribution in [0.2, 0.25) is 0 Å². The maximum atomic E-state index is 11.8. The Morgan fingerprint density at radius 1 is 1.55 bits per heavy atom. The van der Waals surface area contributed by atoms with E-state index in [-0.39, 0.29) is 16.2 Å². The topological polar surface area (TPSA) is 71.2 Å². The molecule has 0 aromatic carbocycles. The number of nitrogens with zero attached hydrogens (tertiary/aromatic N) is 1. The molecule has 20 heavy (non-hydrogen) atoms. The van der Waals surface area contributed by atoms with Gasteiger partial charge in [0, 0.05) is 12.6 Å². The van der Waals surface area contributed by atoms with Crippen LogP contribution in [-0.4, -0.2) is 14.7 Å². The molecule has 2 heterocycles. The number of H-pyrrole nitrogens is 1. The number of aromatic hydroxyl groups is 1. The van der Waals surface area contributed by atoms with Crippen molar-refractivity contribution in [2.24, 2.45) is 0 Å². The highest BCUT2D eigenvalue weighted by molar-refractivity contribution is 7.71. The second kappa shape index (κ2) is 6.06. The summed E-state index contributed by atoms with van der Waals surface area (Å²) in [5.41, 5.74) is 2.37. The van der Waals surface area contributed by atoms with Crippen molar-refractivity contribution in [3.05, 3.63) is 63.2 Å². The lowest BCUT2D eigenvalue weighted by atomic mass is 10.3. The van der Waals surface area contributed by atoms with Crippen LogP contribution in [0.1, 0.15) is 11.3 Å². The Bertz CT molecular complexity index is 791. The van der Waals surface area contributed by atoms with Gasteiger partial charge in [-0.1, -0.05) is 6.08 Å². The molecule has 0 radical (unpaired) electrons. The van der Waals surface area contributed by atoms with Crippen LogP contribution in [0.15, 0.2) is 46.0 Å². The van der Waals surface area contributed by atoms with E-state index in [9.17, 15) is 9.90 Å². The van der Waals surface area contributed by atoms with Crippen LogP contribution < -0.4 is 5.56 Å². The Morgan fingerprint density at radius 2 is 2.35 bits per heavy atom. The monoisotopic (exact) mass is 288 g/mol. The standard InChI is InChI=1S/C14H12N2O3S/c1-2-8-16-13(18)11(12(17)15-14(16)20)7-3-5-10-6-4-9-19-10/h2,4-7,9,18H,1,8H2,(H,15,17,20). The van der Waals surface area contributed by atoms with Gasteiger partial charge in [0.15, 0.2) is 4.77 Å². The summed E-state index contributed by atoms with van der Waals surface area (Å²) in [4.78, 5) is 14.3. The second-order valence-electron chi connectivity index (χ2n) is 3.87. The highest BCUT2D eigenvalue weighted by Crippen LogP contribution is 2.14. The van der Waals surface area contributed by atoms with Crippen molar-refractivity contribution in [3.63, 3.8) is 0 Å². The summed E-state index contributed by atoms with van der Waals surface area (Å²) in [6.45, 7) is 3.87. The van der Waals surface area contributed by atoms with E-state index in [4.69, 9.17) is 16.6 Å². The maximum absolute atomic E-state index is 11.8. The zero-order valence-corrected chi connectivity index (χ0v) is 11.3. The highest BCUT2D eigenvalue weighted by Gasteiger charge is 2.08. The van der Waals surface area contributed by atoms with Gasteiger partial charge >= 0.3 is 0 Å². The van der Waals surface area contributed by atoms with E-state index in [1.54, 1.807) is 24.3 Å². The van der Waals surface area contributed by atoms with Gasteiger partial charge in [-0.3, -0.25) is 14.3 Å². The van der Waals surface area contributed by atoms with E-state index in [1.807, 2.05) is 0 Å². The first-order chi connectivity index (χ1) is 9.63. The van der Waals surface area contributed by atoms with Crippen molar-refractivity contribution in [1.29, 1.82) is 0 Å². The molecular formula is C14H12N2O3S. The first-order valence-electron chi connectivity index (χ1n) is 5.76. The van der Waals surface area contributed by atoms with Crippen molar-refractivity contribution >= 4 is 24.4 Å². The van der Waals surface area contributed by atoms with Crippen molar-refractivity contribution in [3.8, 4) is 5.88 Å². The Balaban J connectivity index is 2.49. The van der Waals surface area contributed by atoms with E-state index in [2.05, 4.69) is 17.3 Å². The fraction of sp³-hybridized carbons (Fsp3) is 0.0714. The van der Waals surface area contributed by atoms with Crippen molar-refractivity contribution < 1.29 is 9.52 Å². The van der Waals surface area contributed by atoms with Gasteiger partial charge in [0.1, 0.15) is 11.3 Å². The molecule has 0 aliphatic rings. The number of hydrogen-bond acceptors (Lipinski definition) is 4. The second-order valence-corrected chi connectivity index (χ2v) is 4.25. The smallest absolute Gasteiger partial charge is 0.263 e. The van der Waals surface area contributed by atoms with Crippen LogP contribution in [-0.2, 0) is 6.54 Å². The fourth-order valence-corrected chi connectivity index (χ4v) is 1.84. The summed E-state index contributed by atoms with van der Waals surface area (Å²) in [5, 5.41) is 10.1. The van der Waals surface area contributed by atoms with Gasteiger partial charge in [-0.25, -0.2) is 0 Å². The molecule has 2 N–H and O–H groups in total. The third kappa shape index (κ3) is 2.88. The average molecular weight is 288 g/mol. The molecule has 0 aliphatic heterocycles. The minimum Gasteiger partial charge on any atom is -0.494 e. The van der Waals surface area contributed by atoms with Gasteiger partial charge in [0.05, 0.1) is 6.26 Å². The lowest BCUT2D eigenvalue weighted by Gasteiger charge is -2.07. The molecule has 0 aliphatic carbocycles. The molecule has 102 valence electrons. The Hall–Kier alpha value is -2.56. The molecule has 0 amide bonds. The number of furan rings is 1. The predicted octanol–water partition coefficient (Wildman–Crippen LogP) is 2.72. The predicted molar refractivity (Wildman–Crippen MR) is 78.9 cm³/mol. The number of aromatic amines is 1. The van der Waals surface area contributed by atoms with E-state index >= 15 is 0 Å². The van der Waals surface area contributed by atoms with Gasteiger partial charge in [-0.15, -0.1) is 12.3 Å². The molecule has 2 aromatic rings. The quantitative estimate of drug-likeness (QED) is 0.515. The third-order valence-electron chi connectivity index (χ3n) is 2.51. The largest absolute Gasteiger partial charge is 0.494 e.